The van der Waals surface area contributed by atoms with Gasteiger partial charge in [0.05, 0.1) is 20.3 Å². The first kappa shape index (κ1) is 13.4. The number of aliphatic hydroxyl groups excluding tert-OH is 1. The molecule has 1 aromatic carbocycles. The normalized spacial score (nSPS) is 11.6. The number of terminal acetylenes is 1. The van der Waals surface area contributed by atoms with E-state index in [1.807, 2.05) is 12.1 Å². The third-order valence-electron chi connectivity index (χ3n) is 2.56. The van der Waals surface area contributed by atoms with Gasteiger partial charge in [-0.1, -0.05) is 0 Å². The summed E-state index contributed by atoms with van der Waals surface area (Å²) in [5.74, 6) is 3.91. The maximum Gasteiger partial charge on any atom is 0.122 e. The molecule has 0 heterocycles. The Morgan fingerprint density at radius 2 is 1.82 bits per heavy atom. The predicted molar refractivity (Wildman–Crippen MR) is 67.2 cm³/mol. The van der Waals surface area contributed by atoms with Crippen LogP contribution in [0.1, 0.15) is 30.9 Å². The Bertz CT molecular complexity index is 371. The number of methoxy groups -OCH3 is 2. The largest absolute Gasteiger partial charge is 0.497 e. The molecule has 1 N–H and O–H groups in total. The molecule has 1 aromatic rings. The van der Waals surface area contributed by atoms with Crippen molar-refractivity contribution in [3.8, 4) is 23.8 Å². The van der Waals surface area contributed by atoms with E-state index in [4.69, 9.17) is 15.9 Å². The van der Waals surface area contributed by atoms with Crippen LogP contribution in [0.15, 0.2) is 18.2 Å². The average molecular weight is 234 g/mol. The molecule has 0 saturated heterocycles. The van der Waals surface area contributed by atoms with E-state index in [0.29, 0.717) is 24.3 Å². The molecule has 0 amide bonds. The van der Waals surface area contributed by atoms with Crippen LogP contribution in [0.25, 0.3) is 0 Å². The molecule has 3 nitrogen and oxygen atoms in total. The molecular weight excluding hydrogens is 216 g/mol. The summed E-state index contributed by atoms with van der Waals surface area (Å²) < 4.78 is 10.3. The van der Waals surface area contributed by atoms with E-state index in [-0.39, 0.29) is 0 Å². The molecule has 0 saturated carbocycles. The lowest BCUT2D eigenvalue weighted by molar-refractivity contribution is 0.164. The summed E-state index contributed by atoms with van der Waals surface area (Å²) in [5, 5.41) is 10.0. The first-order valence-corrected chi connectivity index (χ1v) is 5.55. The summed E-state index contributed by atoms with van der Waals surface area (Å²) in [7, 11) is 3.17. The molecule has 1 atom stereocenters. The van der Waals surface area contributed by atoms with Crippen LogP contribution in [-0.2, 0) is 0 Å². The molecule has 0 aliphatic rings. The molecule has 0 aliphatic heterocycles. The lowest BCUT2D eigenvalue weighted by Crippen LogP contribution is -1.99. The Hall–Kier alpha value is -1.66. The van der Waals surface area contributed by atoms with Crippen LogP contribution in [0, 0.1) is 12.3 Å². The molecule has 0 aliphatic carbocycles. The first-order valence-electron chi connectivity index (χ1n) is 5.55. The second kappa shape index (κ2) is 6.82. The van der Waals surface area contributed by atoms with Gasteiger partial charge in [-0.2, -0.15) is 0 Å². The van der Waals surface area contributed by atoms with Gasteiger partial charge in [-0.25, -0.2) is 0 Å². The van der Waals surface area contributed by atoms with Gasteiger partial charge in [0.25, 0.3) is 0 Å². The highest BCUT2D eigenvalue weighted by Crippen LogP contribution is 2.28. The van der Waals surface area contributed by atoms with Crippen LogP contribution in [0.5, 0.6) is 11.5 Å². The Labute approximate surface area is 102 Å². The van der Waals surface area contributed by atoms with Gasteiger partial charge in [-0.15, -0.1) is 12.3 Å². The summed E-state index contributed by atoms with van der Waals surface area (Å²) in [4.78, 5) is 0. The fourth-order valence-corrected chi connectivity index (χ4v) is 1.59. The lowest BCUT2D eigenvalue weighted by Gasteiger charge is -2.13. The number of hydrogen-bond acceptors (Lipinski definition) is 3. The topological polar surface area (TPSA) is 38.7 Å². The molecule has 0 aromatic heterocycles. The fraction of sp³-hybridized carbons (Fsp3) is 0.429. The number of ether oxygens (including phenoxy) is 2. The van der Waals surface area contributed by atoms with Crippen molar-refractivity contribution in [2.45, 2.75) is 25.4 Å². The lowest BCUT2D eigenvalue weighted by atomic mass is 10.0. The smallest absolute Gasteiger partial charge is 0.122 e. The average Bonchev–Trinajstić information content (AvgIpc) is 2.38. The summed E-state index contributed by atoms with van der Waals surface area (Å²) in [6.45, 7) is 0. The number of benzene rings is 1. The quantitative estimate of drug-likeness (QED) is 0.607. The summed E-state index contributed by atoms with van der Waals surface area (Å²) in [6, 6.07) is 5.39. The van der Waals surface area contributed by atoms with Crippen molar-refractivity contribution < 1.29 is 14.6 Å². The Morgan fingerprint density at radius 3 is 2.29 bits per heavy atom. The maximum absolute atomic E-state index is 10.0. The van der Waals surface area contributed by atoms with Gasteiger partial charge in [0, 0.05) is 12.5 Å². The van der Waals surface area contributed by atoms with Gasteiger partial charge in [0.2, 0.25) is 0 Å². The molecule has 3 heteroatoms. The number of unbranched alkanes of at least 4 members (excludes halogenated alkanes) is 1. The van der Waals surface area contributed by atoms with Crippen molar-refractivity contribution in [2.75, 3.05) is 14.2 Å². The third kappa shape index (κ3) is 4.01. The molecule has 0 radical (unpaired) electrons. The number of hydrogen-bond donors (Lipinski definition) is 1. The van der Waals surface area contributed by atoms with E-state index in [2.05, 4.69) is 5.92 Å². The van der Waals surface area contributed by atoms with Crippen LogP contribution in [0.4, 0.5) is 0 Å². The molecule has 0 fully saturated rings. The van der Waals surface area contributed by atoms with Crippen LogP contribution in [0.2, 0.25) is 0 Å². The highest BCUT2D eigenvalue weighted by atomic mass is 16.5. The van der Waals surface area contributed by atoms with Gasteiger partial charge >= 0.3 is 0 Å². The number of aliphatic hydroxyl groups is 1. The van der Waals surface area contributed by atoms with Crippen molar-refractivity contribution in [3.05, 3.63) is 23.8 Å². The minimum atomic E-state index is -0.535. The van der Waals surface area contributed by atoms with Crippen LogP contribution >= 0.6 is 0 Å². The minimum absolute atomic E-state index is 0.535. The van der Waals surface area contributed by atoms with E-state index >= 15 is 0 Å². The summed E-state index contributed by atoms with van der Waals surface area (Å²) >= 11 is 0. The highest BCUT2D eigenvalue weighted by Gasteiger charge is 2.10. The highest BCUT2D eigenvalue weighted by molar-refractivity contribution is 5.39. The first-order chi connectivity index (χ1) is 8.21. The van der Waals surface area contributed by atoms with E-state index in [0.717, 1.165) is 12.0 Å². The molecule has 92 valence electrons. The third-order valence-corrected chi connectivity index (χ3v) is 2.56. The SMILES string of the molecule is C#CCCCC(O)c1cc(OC)cc(OC)c1. The molecule has 0 bridgehead atoms. The molecule has 1 rings (SSSR count). The van der Waals surface area contributed by atoms with Gasteiger partial charge < -0.3 is 14.6 Å². The van der Waals surface area contributed by atoms with E-state index in [9.17, 15) is 5.11 Å². The molecule has 1 unspecified atom stereocenters. The molecular formula is C14H18O3. The van der Waals surface area contributed by atoms with Crippen LogP contribution in [-0.4, -0.2) is 19.3 Å². The van der Waals surface area contributed by atoms with Gasteiger partial charge in [0.1, 0.15) is 11.5 Å². The zero-order chi connectivity index (χ0) is 12.7. The summed E-state index contributed by atoms with van der Waals surface area (Å²) in [5.41, 5.74) is 0.790. The fourth-order valence-electron chi connectivity index (χ4n) is 1.59. The molecule has 17 heavy (non-hydrogen) atoms. The Morgan fingerprint density at radius 1 is 1.24 bits per heavy atom. The Kier molecular flexibility index (Phi) is 5.38. The second-order valence-corrected chi connectivity index (χ2v) is 3.76. The van der Waals surface area contributed by atoms with Gasteiger partial charge in [-0.3, -0.25) is 0 Å². The monoisotopic (exact) mass is 234 g/mol. The van der Waals surface area contributed by atoms with Gasteiger partial charge in [0.15, 0.2) is 0 Å². The van der Waals surface area contributed by atoms with Crippen molar-refractivity contribution in [1.82, 2.24) is 0 Å². The van der Waals surface area contributed by atoms with Crippen molar-refractivity contribution in [1.29, 1.82) is 0 Å². The van der Waals surface area contributed by atoms with Crippen molar-refractivity contribution >= 4 is 0 Å². The maximum atomic E-state index is 10.0. The van der Waals surface area contributed by atoms with Crippen molar-refractivity contribution in [2.24, 2.45) is 0 Å². The Balaban J connectivity index is 2.78. The van der Waals surface area contributed by atoms with E-state index in [1.165, 1.54) is 0 Å². The van der Waals surface area contributed by atoms with E-state index < -0.39 is 6.10 Å². The standard InChI is InChI=1S/C14H18O3/c1-4-5-6-7-14(15)11-8-12(16-2)10-13(9-11)17-3/h1,8-10,14-15H,5-7H2,2-3H3. The van der Waals surface area contributed by atoms with E-state index in [1.54, 1.807) is 20.3 Å². The summed E-state index contributed by atoms with van der Waals surface area (Å²) in [6.07, 6.45) is 6.76. The predicted octanol–water partition coefficient (Wildman–Crippen LogP) is 2.54. The van der Waals surface area contributed by atoms with Gasteiger partial charge in [-0.05, 0) is 30.5 Å². The van der Waals surface area contributed by atoms with Crippen molar-refractivity contribution in [3.63, 3.8) is 0 Å². The minimum Gasteiger partial charge on any atom is -0.497 e. The molecule has 0 spiro atoms. The van der Waals surface area contributed by atoms with Crippen LogP contribution in [0.3, 0.4) is 0 Å². The zero-order valence-corrected chi connectivity index (χ0v) is 10.3. The van der Waals surface area contributed by atoms with Crippen LogP contribution < -0.4 is 9.47 Å². The zero-order valence-electron chi connectivity index (χ0n) is 10.3. The number of rotatable bonds is 6. The second-order valence-electron chi connectivity index (χ2n) is 3.76.